The molecule has 0 saturated heterocycles. The van der Waals surface area contributed by atoms with Gasteiger partial charge in [-0.2, -0.15) is 0 Å². The van der Waals surface area contributed by atoms with E-state index < -0.39 is 0 Å². The molecule has 1 amide bonds. The fraction of sp³-hybridized carbons (Fsp3) is 0.560. The van der Waals surface area contributed by atoms with Gasteiger partial charge in [-0.05, 0) is 55.5 Å². The molecule has 0 N–H and O–H groups in total. The summed E-state index contributed by atoms with van der Waals surface area (Å²) in [4.78, 5) is 15.8. The van der Waals surface area contributed by atoms with Crippen LogP contribution < -0.4 is 0 Å². The number of rotatable bonds is 6. The molecule has 156 valence electrons. The van der Waals surface area contributed by atoms with Crippen molar-refractivity contribution >= 4 is 17.5 Å². The maximum atomic E-state index is 13.5. The van der Waals surface area contributed by atoms with Gasteiger partial charge in [0.25, 0.3) is 0 Å². The smallest absolute Gasteiger partial charge is 0.226 e. The molecule has 0 unspecified atom stereocenters. The van der Waals surface area contributed by atoms with Crippen LogP contribution in [0.4, 0.5) is 0 Å². The van der Waals surface area contributed by atoms with Gasteiger partial charge >= 0.3 is 0 Å². The van der Waals surface area contributed by atoms with Gasteiger partial charge in [0, 0.05) is 35.4 Å². The Bertz CT molecular complexity index is 803. The van der Waals surface area contributed by atoms with E-state index in [1.807, 2.05) is 18.2 Å². The fourth-order valence-electron chi connectivity index (χ4n) is 5.12. The topological polar surface area (TPSA) is 25.2 Å². The quantitative estimate of drug-likeness (QED) is 0.536. The molecule has 4 rings (SSSR count). The van der Waals surface area contributed by atoms with Crippen molar-refractivity contribution in [2.45, 2.75) is 83.3 Å². The fourth-order valence-corrected chi connectivity index (χ4v) is 5.33. The minimum atomic E-state index is 0.238. The highest BCUT2D eigenvalue weighted by Gasteiger charge is 2.31. The highest BCUT2D eigenvalue weighted by Crippen LogP contribution is 2.30. The van der Waals surface area contributed by atoms with Crippen LogP contribution in [0.5, 0.6) is 0 Å². The number of aromatic nitrogens is 1. The highest BCUT2D eigenvalue weighted by molar-refractivity contribution is 6.30. The van der Waals surface area contributed by atoms with E-state index in [2.05, 4.69) is 33.9 Å². The maximum Gasteiger partial charge on any atom is 0.226 e. The minimum Gasteiger partial charge on any atom is -0.345 e. The Kier molecular flexibility index (Phi) is 6.97. The molecule has 1 aromatic heterocycles. The summed E-state index contributed by atoms with van der Waals surface area (Å²) >= 11 is 6.18. The third-order valence-corrected chi connectivity index (χ3v) is 6.99. The molecule has 0 atom stereocenters. The summed E-state index contributed by atoms with van der Waals surface area (Å²) < 4.78 is 2.27. The van der Waals surface area contributed by atoms with Crippen molar-refractivity contribution in [3.63, 3.8) is 0 Å². The Morgan fingerprint density at radius 2 is 1.69 bits per heavy atom. The first-order chi connectivity index (χ1) is 14.2. The standard InChI is InChI=1S/C25H33ClN2O/c26-22-12-7-9-20(17-22)18-27-16-8-15-24(27)19-28(23-13-5-2-6-14-23)25(29)21-10-3-1-4-11-21/h7-9,12,15-17,21,23H,1-6,10-11,13-14,18-19H2. The van der Waals surface area contributed by atoms with E-state index in [9.17, 15) is 4.79 Å². The lowest BCUT2D eigenvalue weighted by Gasteiger charge is -2.37. The zero-order chi connectivity index (χ0) is 20.1. The van der Waals surface area contributed by atoms with Crippen LogP contribution in [0.3, 0.4) is 0 Å². The van der Waals surface area contributed by atoms with Crippen LogP contribution in [-0.4, -0.2) is 21.4 Å². The Labute approximate surface area is 180 Å². The summed E-state index contributed by atoms with van der Waals surface area (Å²) in [6, 6.07) is 12.7. The summed E-state index contributed by atoms with van der Waals surface area (Å²) in [5, 5.41) is 0.771. The molecule has 29 heavy (non-hydrogen) atoms. The molecule has 2 aliphatic carbocycles. The van der Waals surface area contributed by atoms with Gasteiger partial charge in [-0.3, -0.25) is 4.79 Å². The number of carbonyl (C=O) groups is 1. The molecule has 0 bridgehead atoms. The molecule has 3 nitrogen and oxygen atoms in total. The number of nitrogens with zero attached hydrogens (tertiary/aromatic N) is 2. The van der Waals surface area contributed by atoms with Gasteiger partial charge < -0.3 is 9.47 Å². The second-order valence-electron chi connectivity index (χ2n) is 8.85. The molecular formula is C25H33ClN2O. The van der Waals surface area contributed by atoms with E-state index in [0.717, 1.165) is 43.8 Å². The predicted octanol–water partition coefficient (Wildman–Crippen LogP) is 6.43. The number of carbonyl (C=O) groups excluding carboxylic acids is 1. The highest BCUT2D eigenvalue weighted by atomic mass is 35.5. The number of halogens is 1. The Morgan fingerprint density at radius 3 is 2.41 bits per heavy atom. The van der Waals surface area contributed by atoms with Gasteiger partial charge in [-0.1, -0.05) is 62.3 Å². The molecule has 0 aliphatic heterocycles. The van der Waals surface area contributed by atoms with E-state index in [1.165, 1.54) is 49.8 Å². The number of hydrogen-bond donors (Lipinski definition) is 0. The molecule has 0 spiro atoms. The molecular weight excluding hydrogens is 380 g/mol. The van der Waals surface area contributed by atoms with Crippen molar-refractivity contribution in [1.29, 1.82) is 0 Å². The van der Waals surface area contributed by atoms with Gasteiger partial charge in [0.05, 0.1) is 6.54 Å². The lowest BCUT2D eigenvalue weighted by Crippen LogP contribution is -2.44. The minimum absolute atomic E-state index is 0.238. The van der Waals surface area contributed by atoms with Gasteiger partial charge in [-0.25, -0.2) is 0 Å². The van der Waals surface area contributed by atoms with E-state index in [4.69, 9.17) is 11.6 Å². The van der Waals surface area contributed by atoms with Crippen LogP contribution in [-0.2, 0) is 17.9 Å². The van der Waals surface area contributed by atoms with Crippen molar-refractivity contribution in [2.24, 2.45) is 5.92 Å². The summed E-state index contributed by atoms with van der Waals surface area (Å²) in [7, 11) is 0. The molecule has 1 heterocycles. The van der Waals surface area contributed by atoms with Crippen molar-refractivity contribution < 1.29 is 4.79 Å². The first-order valence-electron chi connectivity index (χ1n) is 11.4. The van der Waals surface area contributed by atoms with Crippen molar-refractivity contribution in [3.05, 3.63) is 58.9 Å². The van der Waals surface area contributed by atoms with Gasteiger partial charge in [0.2, 0.25) is 5.91 Å². The number of hydrogen-bond acceptors (Lipinski definition) is 1. The average Bonchev–Trinajstić information content (AvgIpc) is 3.19. The number of benzene rings is 1. The van der Waals surface area contributed by atoms with Gasteiger partial charge in [0.1, 0.15) is 0 Å². The average molecular weight is 413 g/mol. The Balaban J connectivity index is 1.53. The third kappa shape index (κ3) is 5.25. The third-order valence-electron chi connectivity index (χ3n) is 6.75. The molecule has 1 aromatic carbocycles. The normalized spacial score (nSPS) is 18.7. The largest absolute Gasteiger partial charge is 0.345 e. The first kappa shape index (κ1) is 20.5. The molecule has 4 heteroatoms. The molecule has 2 aliphatic rings. The summed E-state index contributed by atoms with van der Waals surface area (Å²) in [5.41, 5.74) is 2.41. The van der Waals surface area contributed by atoms with Crippen molar-refractivity contribution in [3.8, 4) is 0 Å². The zero-order valence-corrected chi connectivity index (χ0v) is 18.1. The lowest BCUT2D eigenvalue weighted by molar-refractivity contribution is -0.140. The van der Waals surface area contributed by atoms with Crippen LogP contribution >= 0.6 is 11.6 Å². The Morgan fingerprint density at radius 1 is 0.966 bits per heavy atom. The van der Waals surface area contributed by atoms with Crippen molar-refractivity contribution in [1.82, 2.24) is 9.47 Å². The monoisotopic (exact) mass is 412 g/mol. The summed E-state index contributed by atoms with van der Waals surface area (Å²) in [6.07, 6.45) is 14.1. The second kappa shape index (κ2) is 9.84. The summed E-state index contributed by atoms with van der Waals surface area (Å²) in [5.74, 6) is 0.647. The lowest BCUT2D eigenvalue weighted by atomic mass is 9.86. The van der Waals surface area contributed by atoms with E-state index in [0.29, 0.717) is 11.9 Å². The predicted molar refractivity (Wildman–Crippen MR) is 119 cm³/mol. The Hall–Kier alpha value is -1.74. The molecule has 0 radical (unpaired) electrons. The molecule has 2 saturated carbocycles. The maximum absolute atomic E-state index is 13.5. The van der Waals surface area contributed by atoms with Crippen molar-refractivity contribution in [2.75, 3.05) is 0 Å². The van der Waals surface area contributed by atoms with Crippen LogP contribution in [0.2, 0.25) is 5.02 Å². The van der Waals surface area contributed by atoms with E-state index >= 15 is 0 Å². The van der Waals surface area contributed by atoms with E-state index in [-0.39, 0.29) is 5.92 Å². The number of amides is 1. The molecule has 2 fully saturated rings. The summed E-state index contributed by atoms with van der Waals surface area (Å²) in [6.45, 7) is 1.52. The second-order valence-corrected chi connectivity index (χ2v) is 9.29. The zero-order valence-electron chi connectivity index (χ0n) is 17.4. The SMILES string of the molecule is O=C(C1CCCCC1)N(Cc1cccn1Cc1cccc(Cl)c1)C1CCCCC1. The van der Waals surface area contributed by atoms with Crippen LogP contribution in [0, 0.1) is 5.92 Å². The van der Waals surface area contributed by atoms with Crippen LogP contribution in [0.1, 0.15) is 75.5 Å². The first-order valence-corrected chi connectivity index (χ1v) is 11.8. The van der Waals surface area contributed by atoms with Gasteiger partial charge in [0.15, 0.2) is 0 Å². The molecule has 2 aromatic rings. The van der Waals surface area contributed by atoms with E-state index in [1.54, 1.807) is 0 Å². The van der Waals surface area contributed by atoms with Gasteiger partial charge in [-0.15, -0.1) is 0 Å². The van der Waals surface area contributed by atoms with Crippen LogP contribution in [0.15, 0.2) is 42.6 Å². The van der Waals surface area contributed by atoms with Crippen LogP contribution in [0.25, 0.3) is 0 Å².